The fourth-order valence-corrected chi connectivity index (χ4v) is 1.32. The molecule has 0 spiro atoms. The number of nitrogen functional groups attached to an aromatic ring is 1. The van der Waals surface area contributed by atoms with Crippen LogP contribution in [0.25, 0.3) is 0 Å². The minimum atomic E-state index is -0.0512. The molecule has 3 N–H and O–H groups in total. The lowest BCUT2D eigenvalue weighted by Gasteiger charge is -2.04. The molecule has 1 aliphatic rings. The van der Waals surface area contributed by atoms with Crippen LogP contribution >= 0.6 is 0 Å². The molecule has 4 heteroatoms. The van der Waals surface area contributed by atoms with Gasteiger partial charge >= 0.3 is 0 Å². The van der Waals surface area contributed by atoms with Crippen LogP contribution in [0.4, 0.5) is 5.82 Å². The van der Waals surface area contributed by atoms with E-state index in [2.05, 4.69) is 10.3 Å². The summed E-state index contributed by atoms with van der Waals surface area (Å²) in [6.45, 7) is 1.82. The molecular formula is C10H13N3O. The van der Waals surface area contributed by atoms with Gasteiger partial charge in [-0.05, 0) is 31.9 Å². The molecule has 1 aromatic rings. The Bertz CT molecular complexity index is 351. The van der Waals surface area contributed by atoms with Gasteiger partial charge in [-0.1, -0.05) is 0 Å². The van der Waals surface area contributed by atoms with Crippen LogP contribution in [-0.2, 0) is 0 Å². The summed E-state index contributed by atoms with van der Waals surface area (Å²) in [6, 6.07) is 3.72. The highest BCUT2D eigenvalue weighted by molar-refractivity contribution is 5.95. The van der Waals surface area contributed by atoms with Crippen LogP contribution < -0.4 is 11.1 Å². The number of hydrogen-bond donors (Lipinski definition) is 2. The van der Waals surface area contributed by atoms with Crippen LogP contribution in [0.3, 0.4) is 0 Å². The molecule has 1 aromatic heterocycles. The number of carbonyl (C=O) groups is 1. The van der Waals surface area contributed by atoms with Gasteiger partial charge in [0, 0.05) is 17.3 Å². The summed E-state index contributed by atoms with van der Waals surface area (Å²) in [5.41, 5.74) is 6.92. The van der Waals surface area contributed by atoms with Crippen molar-refractivity contribution < 1.29 is 4.79 Å². The summed E-state index contributed by atoms with van der Waals surface area (Å²) in [5.74, 6) is 0.343. The Balaban J connectivity index is 2.17. The normalized spacial score (nSPS) is 15.2. The van der Waals surface area contributed by atoms with E-state index in [4.69, 9.17) is 5.73 Å². The number of anilines is 1. The van der Waals surface area contributed by atoms with E-state index in [1.165, 1.54) is 0 Å². The van der Waals surface area contributed by atoms with Crippen molar-refractivity contribution in [1.29, 1.82) is 0 Å². The summed E-state index contributed by atoms with van der Waals surface area (Å²) in [4.78, 5) is 15.6. The van der Waals surface area contributed by atoms with Crippen molar-refractivity contribution in [2.24, 2.45) is 0 Å². The van der Waals surface area contributed by atoms with Crippen LogP contribution in [0.1, 0.15) is 28.9 Å². The second kappa shape index (κ2) is 3.29. The Morgan fingerprint density at radius 1 is 1.57 bits per heavy atom. The topological polar surface area (TPSA) is 68.0 Å². The van der Waals surface area contributed by atoms with Crippen molar-refractivity contribution in [2.75, 3.05) is 5.73 Å². The van der Waals surface area contributed by atoms with E-state index < -0.39 is 0 Å². The standard InChI is InChI=1S/C10H13N3O/c1-6-4-7(5-9(11)12-6)10(14)13-8-2-3-8/h4-5,8H,2-3H2,1H3,(H2,11,12)(H,13,14). The molecule has 0 bridgehead atoms. The number of aryl methyl sites for hydroxylation is 1. The zero-order valence-corrected chi connectivity index (χ0v) is 8.08. The lowest BCUT2D eigenvalue weighted by molar-refractivity contribution is 0.0951. The maximum Gasteiger partial charge on any atom is 0.251 e. The molecular weight excluding hydrogens is 178 g/mol. The average molecular weight is 191 g/mol. The first-order chi connectivity index (χ1) is 6.65. The number of amides is 1. The Labute approximate surface area is 82.5 Å². The first-order valence-corrected chi connectivity index (χ1v) is 4.70. The fourth-order valence-electron chi connectivity index (χ4n) is 1.32. The second-order valence-electron chi connectivity index (χ2n) is 3.67. The van der Waals surface area contributed by atoms with Crippen LogP contribution in [0.2, 0.25) is 0 Å². The van der Waals surface area contributed by atoms with Crippen LogP contribution in [0.15, 0.2) is 12.1 Å². The highest BCUT2D eigenvalue weighted by Gasteiger charge is 2.23. The third-order valence-electron chi connectivity index (χ3n) is 2.15. The van der Waals surface area contributed by atoms with Gasteiger partial charge in [-0.15, -0.1) is 0 Å². The third kappa shape index (κ3) is 2.02. The summed E-state index contributed by atoms with van der Waals surface area (Å²) in [7, 11) is 0. The minimum Gasteiger partial charge on any atom is -0.384 e. The van der Waals surface area contributed by atoms with Crippen molar-refractivity contribution in [3.63, 3.8) is 0 Å². The third-order valence-corrected chi connectivity index (χ3v) is 2.15. The predicted octanol–water partition coefficient (Wildman–Crippen LogP) is 0.864. The molecule has 1 aliphatic carbocycles. The average Bonchev–Trinajstić information content (AvgIpc) is 2.86. The number of hydrogen-bond acceptors (Lipinski definition) is 3. The molecule has 1 fully saturated rings. The molecule has 0 aliphatic heterocycles. The van der Waals surface area contributed by atoms with Crippen molar-refractivity contribution in [2.45, 2.75) is 25.8 Å². The van der Waals surface area contributed by atoms with Gasteiger partial charge in [0.2, 0.25) is 0 Å². The smallest absolute Gasteiger partial charge is 0.251 e. The summed E-state index contributed by atoms with van der Waals surface area (Å²) < 4.78 is 0. The van der Waals surface area contributed by atoms with E-state index in [1.807, 2.05) is 6.92 Å². The number of pyridine rings is 1. The van der Waals surface area contributed by atoms with Gasteiger partial charge in [-0.2, -0.15) is 0 Å². The van der Waals surface area contributed by atoms with Crippen LogP contribution in [0, 0.1) is 6.92 Å². The maximum atomic E-state index is 11.6. The summed E-state index contributed by atoms with van der Waals surface area (Å²) in [6.07, 6.45) is 2.18. The highest BCUT2D eigenvalue weighted by atomic mass is 16.1. The molecule has 4 nitrogen and oxygen atoms in total. The SMILES string of the molecule is Cc1cc(C(=O)NC2CC2)cc(N)n1. The first kappa shape index (κ1) is 8.99. The van der Waals surface area contributed by atoms with Crippen molar-refractivity contribution in [3.05, 3.63) is 23.4 Å². The lowest BCUT2D eigenvalue weighted by atomic mass is 10.2. The van der Waals surface area contributed by atoms with Gasteiger partial charge in [-0.25, -0.2) is 4.98 Å². The van der Waals surface area contributed by atoms with E-state index in [0.717, 1.165) is 18.5 Å². The monoisotopic (exact) mass is 191 g/mol. The molecule has 74 valence electrons. The summed E-state index contributed by atoms with van der Waals surface area (Å²) >= 11 is 0. The maximum absolute atomic E-state index is 11.6. The van der Waals surface area contributed by atoms with E-state index in [1.54, 1.807) is 12.1 Å². The number of carbonyl (C=O) groups excluding carboxylic acids is 1. The van der Waals surface area contributed by atoms with Gasteiger partial charge in [0.1, 0.15) is 5.82 Å². The van der Waals surface area contributed by atoms with Crippen molar-refractivity contribution >= 4 is 11.7 Å². The Hall–Kier alpha value is -1.58. The second-order valence-corrected chi connectivity index (χ2v) is 3.67. The largest absolute Gasteiger partial charge is 0.384 e. The zero-order chi connectivity index (χ0) is 10.1. The number of nitrogens with one attached hydrogen (secondary N) is 1. The molecule has 2 rings (SSSR count). The number of nitrogens with zero attached hydrogens (tertiary/aromatic N) is 1. The molecule has 1 saturated carbocycles. The Morgan fingerprint density at radius 3 is 2.86 bits per heavy atom. The van der Waals surface area contributed by atoms with Crippen molar-refractivity contribution in [3.8, 4) is 0 Å². The molecule has 0 aromatic carbocycles. The highest BCUT2D eigenvalue weighted by Crippen LogP contribution is 2.19. The number of aromatic nitrogens is 1. The Morgan fingerprint density at radius 2 is 2.29 bits per heavy atom. The minimum absolute atomic E-state index is 0.0512. The quantitative estimate of drug-likeness (QED) is 0.728. The molecule has 1 heterocycles. The predicted molar refractivity (Wildman–Crippen MR) is 53.9 cm³/mol. The molecule has 0 radical (unpaired) electrons. The van der Waals surface area contributed by atoms with Crippen molar-refractivity contribution in [1.82, 2.24) is 10.3 Å². The van der Waals surface area contributed by atoms with Gasteiger partial charge in [0.05, 0.1) is 0 Å². The van der Waals surface area contributed by atoms with Gasteiger partial charge in [-0.3, -0.25) is 4.79 Å². The summed E-state index contributed by atoms with van der Waals surface area (Å²) in [5, 5.41) is 2.90. The van der Waals surface area contributed by atoms with E-state index in [0.29, 0.717) is 17.4 Å². The molecule has 0 saturated heterocycles. The van der Waals surface area contributed by atoms with Crippen LogP contribution in [0.5, 0.6) is 0 Å². The molecule has 0 atom stereocenters. The van der Waals surface area contributed by atoms with Gasteiger partial charge in [0.15, 0.2) is 0 Å². The van der Waals surface area contributed by atoms with Gasteiger partial charge < -0.3 is 11.1 Å². The Kier molecular flexibility index (Phi) is 2.11. The zero-order valence-electron chi connectivity index (χ0n) is 8.08. The molecule has 0 unspecified atom stereocenters. The van der Waals surface area contributed by atoms with Gasteiger partial charge in [0.25, 0.3) is 5.91 Å². The first-order valence-electron chi connectivity index (χ1n) is 4.70. The number of nitrogens with two attached hydrogens (primary N) is 1. The molecule has 14 heavy (non-hydrogen) atoms. The van der Waals surface area contributed by atoms with E-state index in [9.17, 15) is 4.79 Å². The molecule has 1 amide bonds. The lowest BCUT2D eigenvalue weighted by Crippen LogP contribution is -2.25. The fraction of sp³-hybridized carbons (Fsp3) is 0.400. The number of rotatable bonds is 2. The van der Waals surface area contributed by atoms with Crippen LogP contribution in [-0.4, -0.2) is 16.9 Å². The van der Waals surface area contributed by atoms with E-state index in [-0.39, 0.29) is 5.91 Å². The van der Waals surface area contributed by atoms with E-state index >= 15 is 0 Å².